The van der Waals surface area contributed by atoms with Crippen LogP contribution in [-0.4, -0.2) is 25.3 Å². The summed E-state index contributed by atoms with van der Waals surface area (Å²) < 4.78 is 10.4. The van der Waals surface area contributed by atoms with E-state index in [1.807, 2.05) is 0 Å². The highest BCUT2D eigenvalue weighted by Crippen LogP contribution is 2.23. The third-order valence-corrected chi connectivity index (χ3v) is 2.26. The smallest absolute Gasteiger partial charge is 0.302 e. The maximum absolute atomic E-state index is 10.7. The second kappa shape index (κ2) is 4.45. The molecule has 0 aromatic carbocycles. The zero-order valence-corrected chi connectivity index (χ0v) is 7.71. The molecule has 1 saturated carbocycles. The Bertz CT molecular complexity index is 156. The van der Waals surface area contributed by atoms with Gasteiger partial charge in [-0.25, -0.2) is 0 Å². The molecule has 12 heavy (non-hydrogen) atoms. The molecule has 70 valence electrons. The average Bonchev–Trinajstić information content (AvgIpc) is 2.04. The van der Waals surface area contributed by atoms with E-state index in [-0.39, 0.29) is 18.2 Å². The van der Waals surface area contributed by atoms with Crippen molar-refractivity contribution in [3.63, 3.8) is 0 Å². The first-order chi connectivity index (χ1) is 5.74. The molecule has 1 aliphatic rings. The van der Waals surface area contributed by atoms with Crippen LogP contribution in [0.25, 0.3) is 0 Å². The molecule has 1 fully saturated rings. The first-order valence-electron chi connectivity index (χ1n) is 4.44. The van der Waals surface area contributed by atoms with Gasteiger partial charge in [0.05, 0.1) is 6.10 Å². The Kier molecular flexibility index (Phi) is 3.53. The second-order valence-electron chi connectivity index (χ2n) is 3.21. The Morgan fingerprint density at radius 2 is 1.83 bits per heavy atom. The van der Waals surface area contributed by atoms with Crippen LogP contribution in [0.3, 0.4) is 0 Å². The Hall–Kier alpha value is -0.570. The van der Waals surface area contributed by atoms with Crippen LogP contribution >= 0.6 is 0 Å². The van der Waals surface area contributed by atoms with E-state index >= 15 is 0 Å². The standard InChI is InChI=1S/C9H16O3/c1-7(10)12-9-6-4-3-5-8(9)11-2/h8-9H,3-6H2,1-2H3/t8-,9-/m1/s1. The van der Waals surface area contributed by atoms with Crippen molar-refractivity contribution < 1.29 is 14.3 Å². The van der Waals surface area contributed by atoms with Gasteiger partial charge in [0.1, 0.15) is 6.10 Å². The molecule has 3 nitrogen and oxygen atoms in total. The fourth-order valence-electron chi connectivity index (χ4n) is 1.68. The quantitative estimate of drug-likeness (QED) is 0.592. The van der Waals surface area contributed by atoms with Crippen LogP contribution in [0.1, 0.15) is 32.6 Å². The number of ether oxygens (including phenoxy) is 2. The molecule has 0 radical (unpaired) electrons. The van der Waals surface area contributed by atoms with E-state index in [4.69, 9.17) is 9.47 Å². The molecule has 0 unspecified atom stereocenters. The summed E-state index contributed by atoms with van der Waals surface area (Å²) in [6.07, 6.45) is 4.37. The van der Waals surface area contributed by atoms with E-state index in [1.54, 1.807) is 7.11 Å². The summed E-state index contributed by atoms with van der Waals surface area (Å²) in [6, 6.07) is 0. The molecule has 0 bridgehead atoms. The van der Waals surface area contributed by atoms with E-state index in [0.29, 0.717) is 0 Å². The van der Waals surface area contributed by atoms with Gasteiger partial charge in [0.15, 0.2) is 0 Å². The van der Waals surface area contributed by atoms with Crippen LogP contribution in [0.5, 0.6) is 0 Å². The fourth-order valence-corrected chi connectivity index (χ4v) is 1.68. The van der Waals surface area contributed by atoms with Gasteiger partial charge in [-0.2, -0.15) is 0 Å². The summed E-state index contributed by atoms with van der Waals surface area (Å²) in [5.41, 5.74) is 0. The molecular formula is C9H16O3. The van der Waals surface area contributed by atoms with Gasteiger partial charge in [-0.15, -0.1) is 0 Å². The first-order valence-corrected chi connectivity index (χ1v) is 4.44. The van der Waals surface area contributed by atoms with Gasteiger partial charge in [0.2, 0.25) is 0 Å². The maximum Gasteiger partial charge on any atom is 0.302 e. The normalized spacial score (nSPS) is 29.8. The first kappa shape index (κ1) is 9.52. The molecule has 0 aliphatic heterocycles. The lowest BCUT2D eigenvalue weighted by atomic mass is 9.94. The summed E-state index contributed by atoms with van der Waals surface area (Å²) in [6.45, 7) is 1.45. The fraction of sp³-hybridized carbons (Fsp3) is 0.889. The van der Waals surface area contributed by atoms with Crippen molar-refractivity contribution in [1.29, 1.82) is 0 Å². The summed E-state index contributed by atoms with van der Waals surface area (Å²) in [4.78, 5) is 10.7. The lowest BCUT2D eigenvalue weighted by Crippen LogP contribution is -2.35. The van der Waals surface area contributed by atoms with Crippen LogP contribution in [0, 0.1) is 0 Å². The van der Waals surface area contributed by atoms with Gasteiger partial charge in [0, 0.05) is 14.0 Å². The molecule has 0 amide bonds. The minimum atomic E-state index is -0.205. The lowest BCUT2D eigenvalue weighted by molar-refractivity contribution is -0.156. The molecule has 0 heterocycles. The summed E-state index contributed by atoms with van der Waals surface area (Å²) in [5, 5.41) is 0. The molecule has 2 atom stereocenters. The van der Waals surface area contributed by atoms with Crippen LogP contribution in [0.4, 0.5) is 0 Å². The zero-order valence-electron chi connectivity index (χ0n) is 7.71. The largest absolute Gasteiger partial charge is 0.460 e. The number of hydrogen-bond donors (Lipinski definition) is 0. The van der Waals surface area contributed by atoms with Crippen LogP contribution in [-0.2, 0) is 14.3 Å². The molecule has 0 saturated heterocycles. The number of carbonyl (C=O) groups is 1. The lowest BCUT2D eigenvalue weighted by Gasteiger charge is -2.29. The highest BCUT2D eigenvalue weighted by Gasteiger charge is 2.26. The Morgan fingerprint density at radius 1 is 1.25 bits per heavy atom. The van der Waals surface area contributed by atoms with E-state index in [9.17, 15) is 4.79 Å². The number of methoxy groups -OCH3 is 1. The van der Waals surface area contributed by atoms with Gasteiger partial charge >= 0.3 is 5.97 Å². The Balaban J connectivity index is 2.41. The third kappa shape index (κ3) is 2.48. The van der Waals surface area contributed by atoms with Crippen LogP contribution in [0.15, 0.2) is 0 Å². The predicted molar refractivity (Wildman–Crippen MR) is 44.8 cm³/mol. The van der Waals surface area contributed by atoms with Gasteiger partial charge in [-0.05, 0) is 19.3 Å². The molecule has 3 heteroatoms. The second-order valence-corrected chi connectivity index (χ2v) is 3.21. The minimum Gasteiger partial charge on any atom is -0.460 e. The van der Waals surface area contributed by atoms with Crippen molar-refractivity contribution in [2.45, 2.75) is 44.8 Å². The highest BCUT2D eigenvalue weighted by molar-refractivity contribution is 5.66. The Labute approximate surface area is 73.0 Å². The number of rotatable bonds is 2. The summed E-state index contributed by atoms with van der Waals surface area (Å²) >= 11 is 0. The maximum atomic E-state index is 10.7. The van der Waals surface area contributed by atoms with Crippen molar-refractivity contribution in [2.75, 3.05) is 7.11 Å². The van der Waals surface area contributed by atoms with Gasteiger partial charge < -0.3 is 9.47 Å². The van der Waals surface area contributed by atoms with Crippen molar-refractivity contribution in [3.05, 3.63) is 0 Å². The van der Waals surface area contributed by atoms with Crippen LogP contribution < -0.4 is 0 Å². The van der Waals surface area contributed by atoms with E-state index < -0.39 is 0 Å². The molecule has 1 rings (SSSR count). The topological polar surface area (TPSA) is 35.5 Å². The summed E-state index contributed by atoms with van der Waals surface area (Å²) in [7, 11) is 1.67. The van der Waals surface area contributed by atoms with Crippen molar-refractivity contribution >= 4 is 5.97 Å². The van der Waals surface area contributed by atoms with E-state index in [2.05, 4.69) is 0 Å². The Morgan fingerprint density at radius 3 is 2.33 bits per heavy atom. The SMILES string of the molecule is CO[C@@H]1CCCC[C@H]1OC(C)=O. The van der Waals surface area contributed by atoms with Crippen molar-refractivity contribution in [1.82, 2.24) is 0 Å². The van der Waals surface area contributed by atoms with Gasteiger partial charge in [-0.3, -0.25) is 4.79 Å². The van der Waals surface area contributed by atoms with Crippen molar-refractivity contribution in [3.8, 4) is 0 Å². The van der Waals surface area contributed by atoms with Crippen LogP contribution in [0.2, 0.25) is 0 Å². The van der Waals surface area contributed by atoms with Gasteiger partial charge in [0.25, 0.3) is 0 Å². The molecule has 0 N–H and O–H groups in total. The number of esters is 1. The third-order valence-electron chi connectivity index (χ3n) is 2.26. The van der Waals surface area contributed by atoms with Gasteiger partial charge in [-0.1, -0.05) is 6.42 Å². The molecular weight excluding hydrogens is 156 g/mol. The molecule has 1 aliphatic carbocycles. The summed E-state index contributed by atoms with van der Waals surface area (Å²) in [5.74, 6) is -0.205. The highest BCUT2D eigenvalue weighted by atomic mass is 16.6. The van der Waals surface area contributed by atoms with Crippen molar-refractivity contribution in [2.24, 2.45) is 0 Å². The number of carbonyl (C=O) groups excluding carboxylic acids is 1. The average molecular weight is 172 g/mol. The molecule has 0 spiro atoms. The zero-order chi connectivity index (χ0) is 8.97. The van der Waals surface area contributed by atoms with E-state index in [0.717, 1.165) is 19.3 Å². The van der Waals surface area contributed by atoms with E-state index in [1.165, 1.54) is 13.3 Å². The monoisotopic (exact) mass is 172 g/mol. The molecule has 0 aromatic heterocycles. The minimum absolute atomic E-state index is 0.0127. The predicted octanol–water partition coefficient (Wildman–Crippen LogP) is 1.51. The number of hydrogen-bond acceptors (Lipinski definition) is 3. The molecule has 0 aromatic rings.